The molecule has 0 amide bonds. The van der Waals surface area contributed by atoms with E-state index in [2.05, 4.69) is 0 Å². The van der Waals surface area contributed by atoms with Crippen molar-refractivity contribution >= 4 is 0 Å². The Labute approximate surface area is 50.4 Å². The van der Waals surface area contributed by atoms with E-state index in [1.54, 1.807) is 0 Å². The normalized spacial score (nSPS) is 14.9. The number of allylic oxidation sites excluding steroid dienone is 2. The lowest BCUT2D eigenvalue weighted by Gasteiger charge is -1.98. The molecule has 0 bridgehead atoms. The van der Waals surface area contributed by atoms with E-state index in [1.165, 1.54) is 0 Å². The number of rotatable bonds is 3. The van der Waals surface area contributed by atoms with Crippen molar-refractivity contribution in [1.29, 1.82) is 0 Å². The molecule has 0 aromatic heterocycles. The predicted molar refractivity (Wildman–Crippen MR) is 34.6 cm³/mol. The summed E-state index contributed by atoms with van der Waals surface area (Å²) in [6.07, 6.45) is 4.63. The summed E-state index contributed by atoms with van der Waals surface area (Å²) in [5.41, 5.74) is 0. The van der Waals surface area contributed by atoms with Crippen molar-refractivity contribution in [3.63, 3.8) is 0 Å². The van der Waals surface area contributed by atoms with Crippen LogP contribution < -0.4 is 0 Å². The first-order valence-electron chi connectivity index (χ1n) is 3.00. The van der Waals surface area contributed by atoms with Gasteiger partial charge in [0.05, 0.1) is 6.67 Å². The molecule has 0 aliphatic carbocycles. The van der Waals surface area contributed by atoms with E-state index in [0.29, 0.717) is 12.3 Å². The minimum Gasteiger partial charge on any atom is -0.251 e. The summed E-state index contributed by atoms with van der Waals surface area (Å²) in [6.45, 7) is 3.76. The van der Waals surface area contributed by atoms with Crippen molar-refractivity contribution in [3.8, 4) is 0 Å². The second-order valence-electron chi connectivity index (χ2n) is 1.98. The lowest BCUT2D eigenvalue weighted by molar-refractivity contribution is 0.437. The second kappa shape index (κ2) is 4.82. The number of halogens is 1. The molecular weight excluding hydrogens is 103 g/mol. The first kappa shape index (κ1) is 7.67. The van der Waals surface area contributed by atoms with Crippen LogP contribution in [0.2, 0.25) is 0 Å². The summed E-state index contributed by atoms with van der Waals surface area (Å²) < 4.78 is 11.5. The van der Waals surface area contributed by atoms with Crippen molar-refractivity contribution < 1.29 is 4.39 Å². The molecule has 0 N–H and O–H groups in total. The molecule has 1 unspecified atom stereocenters. The van der Waals surface area contributed by atoms with Crippen molar-refractivity contribution in [2.24, 2.45) is 5.92 Å². The van der Waals surface area contributed by atoms with Gasteiger partial charge in [0.25, 0.3) is 0 Å². The molecule has 1 atom stereocenters. The Hall–Kier alpha value is -0.330. The van der Waals surface area contributed by atoms with Crippen LogP contribution in [0.5, 0.6) is 0 Å². The Morgan fingerprint density at radius 1 is 1.62 bits per heavy atom. The molecule has 48 valence electrons. The van der Waals surface area contributed by atoms with Gasteiger partial charge in [0.2, 0.25) is 0 Å². The van der Waals surface area contributed by atoms with Crippen molar-refractivity contribution in [2.75, 3.05) is 6.67 Å². The lowest BCUT2D eigenvalue weighted by Crippen LogP contribution is -1.89. The molecule has 0 saturated carbocycles. The standard InChI is InChI=1S/C7H13F/c1-3-4-7(2)5-6-8/h3-4,7H,5-6H2,1-2H3/b4-3-. The van der Waals surface area contributed by atoms with Crippen LogP contribution in [-0.4, -0.2) is 6.67 Å². The van der Waals surface area contributed by atoms with E-state index in [-0.39, 0.29) is 6.67 Å². The maximum Gasteiger partial charge on any atom is 0.0900 e. The molecule has 0 heterocycles. The van der Waals surface area contributed by atoms with E-state index >= 15 is 0 Å². The van der Waals surface area contributed by atoms with Crippen LogP contribution in [0.1, 0.15) is 20.3 Å². The highest BCUT2D eigenvalue weighted by atomic mass is 19.1. The number of hydrogen-bond acceptors (Lipinski definition) is 0. The van der Waals surface area contributed by atoms with Gasteiger partial charge in [-0.2, -0.15) is 0 Å². The van der Waals surface area contributed by atoms with Crippen LogP contribution in [0.4, 0.5) is 4.39 Å². The van der Waals surface area contributed by atoms with Crippen molar-refractivity contribution in [3.05, 3.63) is 12.2 Å². The molecule has 1 heteroatoms. The SMILES string of the molecule is C/C=C\C(C)CCF. The molecule has 0 spiro atoms. The highest BCUT2D eigenvalue weighted by Crippen LogP contribution is 2.02. The Kier molecular flexibility index (Phi) is 4.62. The van der Waals surface area contributed by atoms with Crippen molar-refractivity contribution in [2.45, 2.75) is 20.3 Å². The van der Waals surface area contributed by atoms with Crippen molar-refractivity contribution in [1.82, 2.24) is 0 Å². The van der Waals surface area contributed by atoms with Gasteiger partial charge in [0, 0.05) is 0 Å². The van der Waals surface area contributed by atoms with Gasteiger partial charge in [0.15, 0.2) is 0 Å². The molecule has 0 aliphatic heterocycles. The first-order valence-corrected chi connectivity index (χ1v) is 3.00. The van der Waals surface area contributed by atoms with E-state index < -0.39 is 0 Å². The van der Waals surface area contributed by atoms with Gasteiger partial charge in [-0.3, -0.25) is 4.39 Å². The fourth-order valence-electron chi connectivity index (χ4n) is 0.597. The van der Waals surface area contributed by atoms with E-state index in [9.17, 15) is 4.39 Å². The third kappa shape index (κ3) is 3.85. The minimum absolute atomic E-state index is 0.203. The maximum absolute atomic E-state index is 11.5. The van der Waals surface area contributed by atoms with Crippen LogP contribution in [0, 0.1) is 5.92 Å². The third-order valence-corrected chi connectivity index (χ3v) is 1.09. The Morgan fingerprint density at radius 3 is 2.62 bits per heavy atom. The fourth-order valence-corrected chi connectivity index (χ4v) is 0.597. The minimum atomic E-state index is -0.203. The summed E-state index contributed by atoms with van der Waals surface area (Å²) in [7, 11) is 0. The van der Waals surface area contributed by atoms with Crippen LogP contribution in [0.3, 0.4) is 0 Å². The van der Waals surface area contributed by atoms with Crippen LogP contribution in [-0.2, 0) is 0 Å². The molecular formula is C7H13F. The van der Waals surface area contributed by atoms with Crippen LogP contribution >= 0.6 is 0 Å². The number of alkyl halides is 1. The molecule has 8 heavy (non-hydrogen) atoms. The molecule has 0 rings (SSSR count). The third-order valence-electron chi connectivity index (χ3n) is 1.09. The Balaban J connectivity index is 3.17. The van der Waals surface area contributed by atoms with E-state index in [4.69, 9.17) is 0 Å². The predicted octanol–water partition coefficient (Wildman–Crippen LogP) is 2.56. The van der Waals surface area contributed by atoms with Crippen LogP contribution in [0.25, 0.3) is 0 Å². The van der Waals surface area contributed by atoms with Crippen LogP contribution in [0.15, 0.2) is 12.2 Å². The summed E-state index contributed by atoms with van der Waals surface area (Å²) in [4.78, 5) is 0. The van der Waals surface area contributed by atoms with Gasteiger partial charge in [-0.05, 0) is 19.3 Å². The second-order valence-corrected chi connectivity index (χ2v) is 1.98. The quantitative estimate of drug-likeness (QED) is 0.497. The Morgan fingerprint density at radius 2 is 2.25 bits per heavy atom. The zero-order valence-corrected chi connectivity index (χ0v) is 5.52. The molecule has 0 aliphatic rings. The van der Waals surface area contributed by atoms with Gasteiger partial charge >= 0.3 is 0 Å². The molecule has 0 fully saturated rings. The smallest absolute Gasteiger partial charge is 0.0900 e. The van der Waals surface area contributed by atoms with Gasteiger partial charge < -0.3 is 0 Å². The zero-order valence-electron chi connectivity index (χ0n) is 5.52. The summed E-state index contributed by atoms with van der Waals surface area (Å²) >= 11 is 0. The van der Waals surface area contributed by atoms with Gasteiger partial charge in [-0.1, -0.05) is 19.1 Å². The highest BCUT2D eigenvalue weighted by molar-refractivity contribution is 4.82. The van der Waals surface area contributed by atoms with Gasteiger partial charge in [-0.15, -0.1) is 0 Å². The lowest BCUT2D eigenvalue weighted by atomic mass is 10.1. The monoisotopic (exact) mass is 116 g/mol. The summed E-state index contributed by atoms with van der Waals surface area (Å²) in [5, 5.41) is 0. The highest BCUT2D eigenvalue weighted by Gasteiger charge is 1.92. The number of hydrogen-bond donors (Lipinski definition) is 0. The average Bonchev–Trinajstić information content (AvgIpc) is 1.68. The molecule has 0 radical (unpaired) electrons. The first-order chi connectivity index (χ1) is 3.81. The molecule has 0 saturated heterocycles. The maximum atomic E-state index is 11.5. The Bertz CT molecular complexity index is 66.8. The average molecular weight is 116 g/mol. The zero-order chi connectivity index (χ0) is 6.41. The fraction of sp³-hybridized carbons (Fsp3) is 0.714. The molecule has 0 aromatic rings. The summed E-state index contributed by atoms with van der Waals surface area (Å²) in [5.74, 6) is 0.407. The topological polar surface area (TPSA) is 0 Å². The van der Waals surface area contributed by atoms with E-state index in [1.807, 2.05) is 26.0 Å². The largest absolute Gasteiger partial charge is 0.251 e. The van der Waals surface area contributed by atoms with E-state index in [0.717, 1.165) is 0 Å². The van der Waals surface area contributed by atoms with Gasteiger partial charge in [0.1, 0.15) is 0 Å². The molecule has 0 aromatic carbocycles. The molecule has 0 nitrogen and oxygen atoms in total. The summed E-state index contributed by atoms with van der Waals surface area (Å²) in [6, 6.07) is 0. The van der Waals surface area contributed by atoms with Gasteiger partial charge in [-0.25, -0.2) is 0 Å².